The second-order valence-corrected chi connectivity index (χ2v) is 3.28. The predicted octanol–water partition coefficient (Wildman–Crippen LogP) is 3.41. The largest absolute Gasteiger partial charge is 0.248 e. The van der Waals surface area contributed by atoms with Gasteiger partial charge in [0.25, 0.3) is 0 Å². The molecule has 0 aliphatic carbocycles. The van der Waals surface area contributed by atoms with Gasteiger partial charge in [0.05, 0.1) is 11.2 Å². The van der Waals surface area contributed by atoms with E-state index in [2.05, 4.69) is 11.6 Å². The molecule has 0 saturated heterocycles. The van der Waals surface area contributed by atoms with E-state index in [1.165, 1.54) is 6.07 Å². The fourth-order valence-electron chi connectivity index (χ4n) is 1.36. The van der Waals surface area contributed by atoms with Crippen molar-refractivity contribution in [1.29, 1.82) is 0 Å². The first-order valence-electron chi connectivity index (χ1n) is 4.39. The number of halogens is 1. The maximum Gasteiger partial charge on any atom is 0.132 e. The number of rotatable bonds is 1. The zero-order valence-corrected chi connectivity index (χ0v) is 7.92. The molecule has 14 heavy (non-hydrogen) atoms. The second kappa shape index (κ2) is 3.22. The van der Waals surface area contributed by atoms with Crippen LogP contribution in [0.4, 0.5) is 4.39 Å². The van der Waals surface area contributed by atoms with Crippen LogP contribution >= 0.6 is 0 Å². The summed E-state index contributed by atoms with van der Waals surface area (Å²) in [5, 5.41) is 0.553. The van der Waals surface area contributed by atoms with Crippen LogP contribution in [0.2, 0.25) is 0 Å². The predicted molar refractivity (Wildman–Crippen MR) is 56.4 cm³/mol. The van der Waals surface area contributed by atoms with Crippen molar-refractivity contribution in [2.45, 2.75) is 6.92 Å². The zero-order valence-electron chi connectivity index (χ0n) is 7.92. The molecule has 0 unspecified atom stereocenters. The molecule has 1 aromatic carbocycles. The second-order valence-electron chi connectivity index (χ2n) is 3.28. The molecule has 2 heteroatoms. The lowest BCUT2D eigenvalue weighted by Crippen LogP contribution is -1.88. The van der Waals surface area contributed by atoms with Gasteiger partial charge in [-0.3, -0.25) is 0 Å². The molecule has 1 heterocycles. The molecule has 70 valence electrons. The van der Waals surface area contributed by atoms with E-state index in [0.29, 0.717) is 10.9 Å². The number of aromatic nitrogens is 1. The maximum absolute atomic E-state index is 13.3. The van der Waals surface area contributed by atoms with Crippen LogP contribution in [0.25, 0.3) is 16.5 Å². The Morgan fingerprint density at radius 3 is 2.79 bits per heavy atom. The molecule has 1 nitrogen and oxygen atoms in total. The third-order valence-corrected chi connectivity index (χ3v) is 2.12. The van der Waals surface area contributed by atoms with Crippen LogP contribution in [-0.4, -0.2) is 4.98 Å². The SMILES string of the molecule is C=C(C)c1ccc2c(F)cccc2n1. The van der Waals surface area contributed by atoms with Crippen molar-refractivity contribution in [3.8, 4) is 0 Å². The minimum absolute atomic E-state index is 0.233. The van der Waals surface area contributed by atoms with Crippen LogP contribution in [0, 0.1) is 5.82 Å². The molecular formula is C12H10FN. The number of benzene rings is 1. The van der Waals surface area contributed by atoms with Crippen molar-refractivity contribution < 1.29 is 4.39 Å². The summed E-state index contributed by atoms with van der Waals surface area (Å²) in [7, 11) is 0. The van der Waals surface area contributed by atoms with Crippen molar-refractivity contribution in [2.75, 3.05) is 0 Å². The summed E-state index contributed by atoms with van der Waals surface area (Å²) >= 11 is 0. The van der Waals surface area contributed by atoms with Crippen LogP contribution in [0.1, 0.15) is 12.6 Å². The standard InChI is InChI=1S/C12H10FN/c1-8(2)11-7-6-9-10(13)4-3-5-12(9)14-11/h3-7H,1H2,2H3. The third-order valence-electron chi connectivity index (χ3n) is 2.12. The number of hydrogen-bond acceptors (Lipinski definition) is 1. The first-order valence-corrected chi connectivity index (χ1v) is 4.39. The van der Waals surface area contributed by atoms with Gasteiger partial charge in [0.15, 0.2) is 0 Å². The Labute approximate surface area is 81.9 Å². The van der Waals surface area contributed by atoms with Crippen LogP contribution in [0.15, 0.2) is 36.9 Å². The molecule has 0 aliphatic rings. The van der Waals surface area contributed by atoms with E-state index in [0.717, 1.165) is 11.3 Å². The number of pyridine rings is 1. The lowest BCUT2D eigenvalue weighted by atomic mass is 10.1. The van der Waals surface area contributed by atoms with Gasteiger partial charge in [0.1, 0.15) is 5.82 Å². The molecule has 0 N–H and O–H groups in total. The molecule has 0 atom stereocenters. The van der Waals surface area contributed by atoms with Crippen LogP contribution in [0.3, 0.4) is 0 Å². The van der Waals surface area contributed by atoms with Gasteiger partial charge in [0, 0.05) is 5.39 Å². The summed E-state index contributed by atoms with van der Waals surface area (Å²) in [5.74, 6) is -0.233. The Balaban J connectivity index is 2.73. The van der Waals surface area contributed by atoms with Crippen LogP contribution in [-0.2, 0) is 0 Å². The molecule has 0 radical (unpaired) electrons. The summed E-state index contributed by atoms with van der Waals surface area (Å²) in [6.45, 7) is 5.68. The van der Waals surface area contributed by atoms with Gasteiger partial charge in [0.2, 0.25) is 0 Å². The van der Waals surface area contributed by atoms with Crippen molar-refractivity contribution in [1.82, 2.24) is 4.98 Å². The van der Waals surface area contributed by atoms with Gasteiger partial charge < -0.3 is 0 Å². The van der Waals surface area contributed by atoms with Crippen LogP contribution < -0.4 is 0 Å². The highest BCUT2D eigenvalue weighted by atomic mass is 19.1. The molecule has 0 amide bonds. The van der Waals surface area contributed by atoms with E-state index in [1.807, 2.05) is 6.92 Å². The van der Waals surface area contributed by atoms with Gasteiger partial charge in [-0.15, -0.1) is 0 Å². The van der Waals surface area contributed by atoms with Gasteiger partial charge >= 0.3 is 0 Å². The number of fused-ring (bicyclic) bond motifs is 1. The lowest BCUT2D eigenvalue weighted by Gasteiger charge is -2.02. The van der Waals surface area contributed by atoms with E-state index in [9.17, 15) is 4.39 Å². The van der Waals surface area contributed by atoms with Gasteiger partial charge in [-0.2, -0.15) is 0 Å². The highest BCUT2D eigenvalue weighted by Crippen LogP contribution is 2.18. The highest BCUT2D eigenvalue weighted by Gasteiger charge is 2.02. The Hall–Kier alpha value is -1.70. The van der Waals surface area contributed by atoms with E-state index in [4.69, 9.17) is 0 Å². The zero-order chi connectivity index (χ0) is 10.1. The molecule has 0 spiro atoms. The van der Waals surface area contributed by atoms with Gasteiger partial charge in [-0.05, 0) is 36.8 Å². The molecule has 0 aliphatic heterocycles. The minimum atomic E-state index is -0.233. The summed E-state index contributed by atoms with van der Waals surface area (Å²) in [6.07, 6.45) is 0. The van der Waals surface area contributed by atoms with Gasteiger partial charge in [-0.25, -0.2) is 9.37 Å². The lowest BCUT2D eigenvalue weighted by molar-refractivity contribution is 0.639. The average molecular weight is 187 g/mol. The first-order chi connectivity index (χ1) is 6.68. The summed E-state index contributed by atoms with van der Waals surface area (Å²) in [5.41, 5.74) is 2.37. The Kier molecular flexibility index (Phi) is 2.04. The van der Waals surface area contributed by atoms with Crippen LogP contribution in [0.5, 0.6) is 0 Å². The molecule has 1 aromatic heterocycles. The quantitative estimate of drug-likeness (QED) is 0.666. The smallest absolute Gasteiger partial charge is 0.132 e. The molecule has 2 rings (SSSR count). The van der Waals surface area contributed by atoms with Gasteiger partial charge in [-0.1, -0.05) is 12.6 Å². The third kappa shape index (κ3) is 1.39. The molecule has 2 aromatic rings. The fourth-order valence-corrected chi connectivity index (χ4v) is 1.36. The van der Waals surface area contributed by atoms with E-state index >= 15 is 0 Å². The number of allylic oxidation sites excluding steroid dienone is 1. The van der Waals surface area contributed by atoms with Crippen molar-refractivity contribution in [3.05, 3.63) is 48.4 Å². The molecule has 0 saturated carbocycles. The van der Waals surface area contributed by atoms with Crippen molar-refractivity contribution in [2.24, 2.45) is 0 Å². The topological polar surface area (TPSA) is 12.9 Å². The monoisotopic (exact) mass is 187 g/mol. The van der Waals surface area contributed by atoms with E-state index in [-0.39, 0.29) is 5.82 Å². The van der Waals surface area contributed by atoms with E-state index in [1.54, 1.807) is 24.3 Å². The number of nitrogens with zero attached hydrogens (tertiary/aromatic N) is 1. The minimum Gasteiger partial charge on any atom is -0.248 e. The maximum atomic E-state index is 13.3. The molecule has 0 fully saturated rings. The number of hydrogen-bond donors (Lipinski definition) is 0. The van der Waals surface area contributed by atoms with Crippen molar-refractivity contribution in [3.63, 3.8) is 0 Å². The summed E-state index contributed by atoms with van der Waals surface area (Å²) in [4.78, 5) is 4.30. The fraction of sp³-hybridized carbons (Fsp3) is 0.0833. The van der Waals surface area contributed by atoms with E-state index < -0.39 is 0 Å². The average Bonchev–Trinajstić information content (AvgIpc) is 2.17. The summed E-state index contributed by atoms with van der Waals surface area (Å²) < 4.78 is 13.3. The Morgan fingerprint density at radius 1 is 1.29 bits per heavy atom. The highest BCUT2D eigenvalue weighted by molar-refractivity contribution is 5.81. The molecule has 0 bridgehead atoms. The normalized spacial score (nSPS) is 10.4. The molecular weight excluding hydrogens is 177 g/mol. The first kappa shape index (κ1) is 8.88. The van der Waals surface area contributed by atoms with Crippen molar-refractivity contribution >= 4 is 16.5 Å². The summed E-state index contributed by atoms with van der Waals surface area (Å²) in [6, 6.07) is 8.41. The Morgan fingerprint density at radius 2 is 2.07 bits per heavy atom. The Bertz CT molecular complexity index is 503.